The van der Waals surface area contributed by atoms with Gasteiger partial charge in [0.1, 0.15) is 11.3 Å². The van der Waals surface area contributed by atoms with Crippen LogP contribution in [0.1, 0.15) is 30.2 Å². The molecule has 2 rings (SSSR count). The number of hydrogen-bond donors (Lipinski definition) is 1. The van der Waals surface area contributed by atoms with Crippen LogP contribution in [0.3, 0.4) is 0 Å². The fourth-order valence-electron chi connectivity index (χ4n) is 1.87. The van der Waals surface area contributed by atoms with Gasteiger partial charge in [-0.2, -0.15) is 5.10 Å². The van der Waals surface area contributed by atoms with Gasteiger partial charge in [0.25, 0.3) is 0 Å². The van der Waals surface area contributed by atoms with Crippen LogP contribution >= 0.6 is 11.8 Å². The predicted molar refractivity (Wildman–Crippen MR) is 76.9 cm³/mol. The molecule has 0 bridgehead atoms. The fraction of sp³-hybridized carbons (Fsp3) is 0.286. The van der Waals surface area contributed by atoms with E-state index < -0.39 is 0 Å². The van der Waals surface area contributed by atoms with Crippen molar-refractivity contribution in [2.24, 2.45) is 0 Å². The molecule has 0 aliphatic carbocycles. The predicted octanol–water partition coefficient (Wildman–Crippen LogP) is 3.37. The molecule has 2 aromatic rings. The van der Waals surface area contributed by atoms with E-state index in [0.717, 1.165) is 10.5 Å². The number of aromatic nitrogens is 2. The van der Waals surface area contributed by atoms with Crippen LogP contribution in [-0.2, 0) is 0 Å². The molecule has 100 valence electrons. The average molecular weight is 276 g/mol. The lowest BCUT2D eigenvalue weighted by molar-refractivity contribution is 0.112. The Morgan fingerprint density at radius 1 is 1.32 bits per heavy atom. The molecule has 19 heavy (non-hydrogen) atoms. The van der Waals surface area contributed by atoms with Crippen LogP contribution in [0.4, 0.5) is 0 Å². The van der Waals surface area contributed by atoms with E-state index in [1.807, 2.05) is 44.4 Å². The van der Waals surface area contributed by atoms with Gasteiger partial charge in [-0.25, -0.2) is 4.68 Å². The second-order valence-corrected chi connectivity index (χ2v) is 5.35. The number of aromatic hydroxyl groups is 1. The fourth-order valence-corrected chi connectivity index (χ4v) is 2.28. The molecule has 0 saturated carbocycles. The number of hydrogen-bond acceptors (Lipinski definition) is 4. The summed E-state index contributed by atoms with van der Waals surface area (Å²) in [5.74, 6) is -0.0751. The molecule has 0 saturated heterocycles. The molecule has 0 aliphatic rings. The van der Waals surface area contributed by atoms with Crippen LogP contribution in [0.25, 0.3) is 11.3 Å². The van der Waals surface area contributed by atoms with Crippen molar-refractivity contribution < 1.29 is 9.90 Å². The summed E-state index contributed by atoms with van der Waals surface area (Å²) in [4.78, 5) is 12.3. The molecule has 1 aromatic heterocycles. The topological polar surface area (TPSA) is 55.1 Å². The molecule has 0 atom stereocenters. The van der Waals surface area contributed by atoms with Crippen molar-refractivity contribution in [1.82, 2.24) is 9.78 Å². The highest BCUT2D eigenvalue weighted by molar-refractivity contribution is 7.98. The third-order valence-electron chi connectivity index (χ3n) is 2.89. The van der Waals surface area contributed by atoms with Gasteiger partial charge in [0.05, 0.1) is 6.04 Å². The molecule has 1 aromatic carbocycles. The second-order valence-electron chi connectivity index (χ2n) is 4.47. The Labute approximate surface area is 116 Å². The summed E-state index contributed by atoms with van der Waals surface area (Å²) in [5, 5.41) is 14.3. The number of aldehydes is 1. The van der Waals surface area contributed by atoms with E-state index in [4.69, 9.17) is 0 Å². The quantitative estimate of drug-likeness (QED) is 0.687. The van der Waals surface area contributed by atoms with E-state index in [0.29, 0.717) is 12.0 Å². The Kier molecular flexibility index (Phi) is 3.95. The number of carbonyl (C=O) groups excluding carboxylic acids is 1. The Balaban J connectivity index is 2.54. The van der Waals surface area contributed by atoms with Gasteiger partial charge in [0.2, 0.25) is 5.88 Å². The van der Waals surface area contributed by atoms with Crippen molar-refractivity contribution in [3.63, 3.8) is 0 Å². The van der Waals surface area contributed by atoms with Crippen molar-refractivity contribution in [2.45, 2.75) is 24.8 Å². The Morgan fingerprint density at radius 3 is 2.42 bits per heavy atom. The van der Waals surface area contributed by atoms with Crippen LogP contribution in [0.5, 0.6) is 5.88 Å². The summed E-state index contributed by atoms with van der Waals surface area (Å²) in [6, 6.07) is 7.76. The maximum atomic E-state index is 11.2. The number of thioether (sulfide) groups is 1. The number of nitrogens with zero attached hydrogens (tertiary/aromatic N) is 2. The Morgan fingerprint density at radius 2 is 1.95 bits per heavy atom. The standard InChI is InChI=1S/C14H16N2O2S/c1-9(2)16-14(18)12(8-17)13(15-16)10-4-6-11(19-3)7-5-10/h4-9,18H,1-3H3. The van der Waals surface area contributed by atoms with Crippen LogP contribution < -0.4 is 0 Å². The Bertz CT molecular complexity index is 588. The highest BCUT2D eigenvalue weighted by Crippen LogP contribution is 2.31. The lowest BCUT2D eigenvalue weighted by Gasteiger charge is -2.05. The number of rotatable bonds is 4. The summed E-state index contributed by atoms with van der Waals surface area (Å²) in [6.07, 6.45) is 2.66. The first-order valence-corrected chi connectivity index (χ1v) is 7.22. The van der Waals surface area contributed by atoms with Gasteiger partial charge in [-0.1, -0.05) is 12.1 Å². The summed E-state index contributed by atoms with van der Waals surface area (Å²) < 4.78 is 1.46. The van der Waals surface area contributed by atoms with Gasteiger partial charge >= 0.3 is 0 Å². The smallest absolute Gasteiger partial charge is 0.221 e. The van der Waals surface area contributed by atoms with E-state index in [-0.39, 0.29) is 17.5 Å². The van der Waals surface area contributed by atoms with Crippen molar-refractivity contribution in [3.8, 4) is 17.1 Å². The molecule has 4 nitrogen and oxygen atoms in total. The minimum Gasteiger partial charge on any atom is -0.493 e. The first-order chi connectivity index (χ1) is 9.08. The summed E-state index contributed by atoms with van der Waals surface area (Å²) in [6.45, 7) is 3.81. The third-order valence-corrected chi connectivity index (χ3v) is 3.63. The van der Waals surface area contributed by atoms with Crippen LogP contribution in [0.15, 0.2) is 29.2 Å². The minimum absolute atomic E-state index is 0.00193. The van der Waals surface area contributed by atoms with Gasteiger partial charge in [0.15, 0.2) is 6.29 Å². The third kappa shape index (κ3) is 2.51. The Hall–Kier alpha value is -1.75. The van der Waals surface area contributed by atoms with Crippen molar-refractivity contribution in [3.05, 3.63) is 29.8 Å². The zero-order valence-electron chi connectivity index (χ0n) is 11.1. The van der Waals surface area contributed by atoms with E-state index in [2.05, 4.69) is 5.10 Å². The second kappa shape index (κ2) is 5.48. The normalized spacial score (nSPS) is 10.9. The van der Waals surface area contributed by atoms with E-state index in [1.54, 1.807) is 11.8 Å². The van der Waals surface area contributed by atoms with Gasteiger partial charge in [-0.3, -0.25) is 4.79 Å². The summed E-state index contributed by atoms with van der Waals surface area (Å²) in [5.41, 5.74) is 1.59. The zero-order valence-corrected chi connectivity index (χ0v) is 11.9. The molecule has 0 fully saturated rings. The minimum atomic E-state index is -0.0751. The van der Waals surface area contributed by atoms with Gasteiger partial charge in [-0.15, -0.1) is 11.8 Å². The van der Waals surface area contributed by atoms with Crippen LogP contribution in [0, 0.1) is 0 Å². The maximum absolute atomic E-state index is 11.2. The molecule has 0 spiro atoms. The molecular formula is C14H16N2O2S. The van der Waals surface area contributed by atoms with Crippen LogP contribution in [-0.4, -0.2) is 27.4 Å². The largest absolute Gasteiger partial charge is 0.493 e. The van der Waals surface area contributed by atoms with Gasteiger partial charge in [0, 0.05) is 10.5 Å². The SMILES string of the molecule is CSc1ccc(-c2nn(C(C)C)c(O)c2C=O)cc1. The lowest BCUT2D eigenvalue weighted by Crippen LogP contribution is -2.02. The van der Waals surface area contributed by atoms with Gasteiger partial charge in [-0.05, 0) is 32.2 Å². The monoisotopic (exact) mass is 276 g/mol. The maximum Gasteiger partial charge on any atom is 0.221 e. The zero-order chi connectivity index (χ0) is 14.0. The van der Waals surface area contributed by atoms with Gasteiger partial charge < -0.3 is 5.11 Å². The first-order valence-electron chi connectivity index (χ1n) is 5.99. The molecule has 1 N–H and O–H groups in total. The molecular weight excluding hydrogens is 260 g/mol. The highest BCUT2D eigenvalue weighted by Gasteiger charge is 2.19. The van der Waals surface area contributed by atoms with Crippen molar-refractivity contribution >= 4 is 18.0 Å². The molecule has 5 heteroatoms. The van der Waals surface area contributed by atoms with Crippen molar-refractivity contribution in [2.75, 3.05) is 6.26 Å². The molecule has 0 radical (unpaired) electrons. The first kappa shape index (κ1) is 13.7. The molecule has 0 unspecified atom stereocenters. The number of benzene rings is 1. The summed E-state index contributed by atoms with van der Waals surface area (Å²) >= 11 is 1.65. The van der Waals surface area contributed by atoms with E-state index in [9.17, 15) is 9.90 Å². The van der Waals surface area contributed by atoms with Crippen LogP contribution in [0.2, 0.25) is 0 Å². The summed E-state index contributed by atoms with van der Waals surface area (Å²) in [7, 11) is 0. The van der Waals surface area contributed by atoms with E-state index in [1.165, 1.54) is 4.68 Å². The molecule has 0 aliphatic heterocycles. The highest BCUT2D eigenvalue weighted by atomic mass is 32.2. The number of carbonyl (C=O) groups is 1. The van der Waals surface area contributed by atoms with E-state index >= 15 is 0 Å². The lowest BCUT2D eigenvalue weighted by atomic mass is 10.1. The average Bonchev–Trinajstić information content (AvgIpc) is 2.76. The molecule has 0 amide bonds. The van der Waals surface area contributed by atoms with Crippen molar-refractivity contribution in [1.29, 1.82) is 0 Å². The molecule has 1 heterocycles.